The number of rotatable bonds is 3. The Hall–Kier alpha value is -1.47. The first kappa shape index (κ1) is 12.6. The molecule has 0 unspecified atom stereocenters. The predicted molar refractivity (Wildman–Crippen MR) is 56.8 cm³/mol. The molecule has 0 saturated carbocycles. The molecule has 1 atom stereocenters. The van der Waals surface area contributed by atoms with Crippen LogP contribution in [0.4, 0.5) is 5.69 Å². The first-order valence-electron chi connectivity index (χ1n) is 4.40. The minimum Gasteiger partial charge on any atom is -0.389 e. The largest absolute Gasteiger partial charge is 0.389 e. The lowest BCUT2D eigenvalue weighted by molar-refractivity contribution is -0.387. The van der Waals surface area contributed by atoms with Crippen LogP contribution in [0.3, 0.4) is 0 Å². The van der Waals surface area contributed by atoms with Crippen LogP contribution in [0, 0.1) is 10.1 Å². The normalized spacial score (nSPS) is 13.4. The van der Waals surface area contributed by atoms with E-state index in [2.05, 4.69) is 0 Å². The number of nitro groups is 1. The van der Waals surface area contributed by atoms with E-state index in [0.717, 1.165) is 18.4 Å². The van der Waals surface area contributed by atoms with Crippen molar-refractivity contribution >= 4 is 15.5 Å². The van der Waals surface area contributed by atoms with Gasteiger partial charge in [-0.3, -0.25) is 10.1 Å². The Morgan fingerprint density at radius 2 is 2.00 bits per heavy atom. The first-order valence-corrected chi connectivity index (χ1v) is 6.29. The fourth-order valence-electron chi connectivity index (χ4n) is 1.25. The van der Waals surface area contributed by atoms with Gasteiger partial charge in [-0.05, 0) is 18.6 Å². The molecule has 16 heavy (non-hydrogen) atoms. The summed E-state index contributed by atoms with van der Waals surface area (Å²) < 4.78 is 22.5. The SMILES string of the molecule is C[C@@H](O)c1ccc(S(C)(=O)=O)c([N+](=O)[O-])c1. The van der Waals surface area contributed by atoms with Gasteiger partial charge in [-0.1, -0.05) is 6.07 Å². The van der Waals surface area contributed by atoms with Gasteiger partial charge in [0.2, 0.25) is 0 Å². The summed E-state index contributed by atoms with van der Waals surface area (Å²) in [6, 6.07) is 3.56. The van der Waals surface area contributed by atoms with E-state index in [-0.39, 0.29) is 4.90 Å². The number of hydrogen-bond donors (Lipinski definition) is 1. The van der Waals surface area contributed by atoms with Crippen molar-refractivity contribution in [2.24, 2.45) is 0 Å². The third-order valence-corrected chi connectivity index (χ3v) is 3.21. The predicted octanol–water partition coefficient (Wildman–Crippen LogP) is 1.05. The van der Waals surface area contributed by atoms with Crippen molar-refractivity contribution in [1.29, 1.82) is 0 Å². The standard InChI is InChI=1S/C9H11NO5S/c1-6(11)7-3-4-9(16(2,14)15)8(5-7)10(12)13/h3-6,11H,1-2H3/t6-/m1/s1. The quantitative estimate of drug-likeness (QED) is 0.634. The van der Waals surface area contributed by atoms with Gasteiger partial charge in [-0.25, -0.2) is 8.42 Å². The molecule has 0 bridgehead atoms. The number of benzene rings is 1. The minimum atomic E-state index is -3.64. The second-order valence-corrected chi connectivity index (χ2v) is 5.42. The van der Waals surface area contributed by atoms with Gasteiger partial charge >= 0.3 is 0 Å². The van der Waals surface area contributed by atoms with E-state index < -0.39 is 26.6 Å². The molecular formula is C9H11NO5S. The van der Waals surface area contributed by atoms with Crippen LogP contribution >= 0.6 is 0 Å². The molecule has 0 fully saturated rings. The highest BCUT2D eigenvalue weighted by Crippen LogP contribution is 2.27. The minimum absolute atomic E-state index is 0.305. The first-order chi connectivity index (χ1) is 7.23. The average molecular weight is 245 g/mol. The molecule has 0 amide bonds. The topological polar surface area (TPSA) is 97.5 Å². The summed E-state index contributed by atoms with van der Waals surface area (Å²) >= 11 is 0. The maximum atomic E-state index is 11.3. The Balaban J connectivity index is 3.49. The summed E-state index contributed by atoms with van der Waals surface area (Å²) in [5, 5.41) is 20.0. The highest BCUT2D eigenvalue weighted by atomic mass is 32.2. The van der Waals surface area contributed by atoms with Crippen LogP contribution in [0.2, 0.25) is 0 Å². The smallest absolute Gasteiger partial charge is 0.288 e. The molecule has 1 N–H and O–H groups in total. The molecule has 0 saturated heterocycles. The van der Waals surface area contributed by atoms with Crippen molar-refractivity contribution in [2.45, 2.75) is 17.9 Å². The number of nitro benzene ring substituents is 1. The number of aliphatic hydroxyl groups excluding tert-OH is 1. The average Bonchev–Trinajstić information content (AvgIpc) is 2.15. The maximum absolute atomic E-state index is 11.3. The van der Waals surface area contributed by atoms with Crippen LogP contribution in [-0.4, -0.2) is 24.7 Å². The van der Waals surface area contributed by atoms with E-state index in [1.165, 1.54) is 13.0 Å². The summed E-state index contributed by atoms with van der Waals surface area (Å²) in [6.45, 7) is 1.44. The van der Waals surface area contributed by atoms with Crippen LogP contribution in [0.15, 0.2) is 23.1 Å². The highest BCUT2D eigenvalue weighted by Gasteiger charge is 2.23. The van der Waals surface area contributed by atoms with Crippen molar-refractivity contribution in [3.05, 3.63) is 33.9 Å². The van der Waals surface area contributed by atoms with Gasteiger partial charge in [0, 0.05) is 12.3 Å². The Kier molecular flexibility index (Phi) is 3.30. The number of aliphatic hydroxyl groups is 1. The van der Waals surface area contributed by atoms with Gasteiger partial charge in [0.1, 0.15) is 4.90 Å². The Morgan fingerprint density at radius 3 is 2.38 bits per heavy atom. The van der Waals surface area contributed by atoms with Crippen molar-refractivity contribution < 1.29 is 18.4 Å². The van der Waals surface area contributed by atoms with Crippen LogP contribution in [0.1, 0.15) is 18.6 Å². The molecule has 7 heteroatoms. The molecule has 0 aliphatic rings. The molecule has 1 rings (SSSR count). The fraction of sp³-hybridized carbons (Fsp3) is 0.333. The van der Waals surface area contributed by atoms with E-state index >= 15 is 0 Å². The summed E-state index contributed by atoms with van der Waals surface area (Å²) in [4.78, 5) is 9.58. The zero-order valence-electron chi connectivity index (χ0n) is 8.75. The van der Waals surface area contributed by atoms with Crippen LogP contribution in [0.5, 0.6) is 0 Å². The number of nitrogens with zero attached hydrogens (tertiary/aromatic N) is 1. The molecule has 6 nitrogen and oxygen atoms in total. The third kappa shape index (κ3) is 2.56. The van der Waals surface area contributed by atoms with Crippen LogP contribution in [0.25, 0.3) is 0 Å². The van der Waals surface area contributed by atoms with Gasteiger partial charge in [0.25, 0.3) is 5.69 Å². The molecule has 0 aromatic heterocycles. The zero-order valence-corrected chi connectivity index (χ0v) is 9.56. The van der Waals surface area contributed by atoms with Crippen molar-refractivity contribution in [3.63, 3.8) is 0 Å². The Morgan fingerprint density at radius 1 is 1.44 bits per heavy atom. The molecule has 0 radical (unpaired) electrons. The number of hydrogen-bond acceptors (Lipinski definition) is 5. The van der Waals surface area contributed by atoms with Gasteiger partial charge < -0.3 is 5.11 Å². The molecular weight excluding hydrogens is 234 g/mol. The summed E-state index contributed by atoms with van der Waals surface area (Å²) in [7, 11) is -3.64. The third-order valence-electron chi connectivity index (χ3n) is 2.06. The van der Waals surface area contributed by atoms with E-state index in [1.54, 1.807) is 0 Å². The molecule has 1 aromatic carbocycles. The lowest BCUT2D eigenvalue weighted by atomic mass is 10.1. The number of sulfone groups is 1. The van der Waals surface area contributed by atoms with E-state index in [4.69, 9.17) is 0 Å². The van der Waals surface area contributed by atoms with Crippen LogP contribution < -0.4 is 0 Å². The maximum Gasteiger partial charge on any atom is 0.288 e. The molecule has 0 aliphatic heterocycles. The van der Waals surface area contributed by atoms with Crippen molar-refractivity contribution in [2.75, 3.05) is 6.26 Å². The van der Waals surface area contributed by atoms with E-state index in [1.807, 2.05) is 0 Å². The molecule has 88 valence electrons. The lowest BCUT2D eigenvalue weighted by Gasteiger charge is -2.06. The van der Waals surface area contributed by atoms with Gasteiger partial charge in [0.15, 0.2) is 9.84 Å². The zero-order chi connectivity index (χ0) is 12.5. The van der Waals surface area contributed by atoms with Gasteiger partial charge in [-0.2, -0.15) is 0 Å². The summed E-state index contributed by atoms with van der Waals surface area (Å²) in [6.07, 6.45) is 0.0181. The summed E-state index contributed by atoms with van der Waals surface area (Å²) in [5.41, 5.74) is -0.208. The van der Waals surface area contributed by atoms with Crippen LogP contribution in [-0.2, 0) is 9.84 Å². The molecule has 0 spiro atoms. The molecule has 0 aliphatic carbocycles. The second-order valence-electron chi connectivity index (χ2n) is 3.43. The monoisotopic (exact) mass is 245 g/mol. The van der Waals surface area contributed by atoms with Gasteiger partial charge in [0.05, 0.1) is 11.0 Å². The lowest BCUT2D eigenvalue weighted by Crippen LogP contribution is -2.04. The van der Waals surface area contributed by atoms with Crippen molar-refractivity contribution in [1.82, 2.24) is 0 Å². The molecule has 0 heterocycles. The molecule has 1 aromatic rings. The van der Waals surface area contributed by atoms with Gasteiger partial charge in [-0.15, -0.1) is 0 Å². The fourth-order valence-corrected chi connectivity index (χ4v) is 2.08. The second kappa shape index (κ2) is 4.18. The Bertz CT molecular complexity index is 521. The van der Waals surface area contributed by atoms with E-state index in [0.29, 0.717) is 5.56 Å². The highest BCUT2D eigenvalue weighted by molar-refractivity contribution is 7.90. The Labute approximate surface area is 92.6 Å². The summed E-state index contributed by atoms with van der Waals surface area (Å²) in [5.74, 6) is 0. The van der Waals surface area contributed by atoms with E-state index in [9.17, 15) is 23.6 Å². The van der Waals surface area contributed by atoms with Crippen molar-refractivity contribution in [3.8, 4) is 0 Å².